The summed E-state index contributed by atoms with van der Waals surface area (Å²) < 4.78 is 17.6. The van der Waals surface area contributed by atoms with E-state index in [-0.39, 0.29) is 18.8 Å². The summed E-state index contributed by atoms with van der Waals surface area (Å²) in [7, 11) is 0. The SMILES string of the molecule is CCCN(CC(=O)OCC)C(=O)c1ccc(F)cn1. The van der Waals surface area contributed by atoms with E-state index < -0.39 is 17.7 Å². The van der Waals surface area contributed by atoms with Gasteiger partial charge in [0.1, 0.15) is 18.1 Å². The van der Waals surface area contributed by atoms with Crippen LogP contribution >= 0.6 is 0 Å². The number of halogens is 1. The van der Waals surface area contributed by atoms with Crippen molar-refractivity contribution in [2.75, 3.05) is 19.7 Å². The van der Waals surface area contributed by atoms with Gasteiger partial charge in [-0.2, -0.15) is 0 Å². The van der Waals surface area contributed by atoms with Crippen LogP contribution in [-0.2, 0) is 9.53 Å². The molecule has 0 N–H and O–H groups in total. The predicted molar refractivity (Wildman–Crippen MR) is 67.0 cm³/mol. The molecular formula is C13H17FN2O3. The zero-order valence-corrected chi connectivity index (χ0v) is 11.1. The van der Waals surface area contributed by atoms with E-state index in [0.717, 1.165) is 12.3 Å². The molecule has 0 aliphatic heterocycles. The van der Waals surface area contributed by atoms with Crippen LogP contribution < -0.4 is 0 Å². The normalized spacial score (nSPS) is 10.1. The van der Waals surface area contributed by atoms with Crippen molar-refractivity contribution in [1.82, 2.24) is 9.88 Å². The summed E-state index contributed by atoms with van der Waals surface area (Å²) in [5, 5.41) is 0. The highest BCUT2D eigenvalue weighted by Crippen LogP contribution is 2.04. The molecule has 1 aromatic heterocycles. The largest absolute Gasteiger partial charge is 0.465 e. The number of amides is 1. The Morgan fingerprint density at radius 2 is 2.11 bits per heavy atom. The lowest BCUT2D eigenvalue weighted by Crippen LogP contribution is -2.37. The van der Waals surface area contributed by atoms with Gasteiger partial charge in [-0.3, -0.25) is 9.59 Å². The molecule has 1 heterocycles. The number of hydrogen-bond donors (Lipinski definition) is 0. The minimum atomic E-state index is -0.510. The first kappa shape index (κ1) is 15.1. The second kappa shape index (κ2) is 7.45. The van der Waals surface area contributed by atoms with Gasteiger partial charge in [-0.15, -0.1) is 0 Å². The number of pyridine rings is 1. The molecule has 0 radical (unpaired) electrons. The molecule has 5 nitrogen and oxygen atoms in total. The predicted octanol–water partition coefficient (Wildman–Crippen LogP) is 1.64. The van der Waals surface area contributed by atoms with Gasteiger partial charge in [-0.25, -0.2) is 9.37 Å². The van der Waals surface area contributed by atoms with Crippen molar-refractivity contribution in [1.29, 1.82) is 0 Å². The van der Waals surface area contributed by atoms with E-state index in [9.17, 15) is 14.0 Å². The molecule has 1 amide bonds. The molecule has 0 fully saturated rings. The number of aromatic nitrogens is 1. The highest BCUT2D eigenvalue weighted by molar-refractivity contribution is 5.94. The Morgan fingerprint density at radius 1 is 1.37 bits per heavy atom. The number of hydrogen-bond acceptors (Lipinski definition) is 4. The quantitative estimate of drug-likeness (QED) is 0.736. The average Bonchev–Trinajstić information content (AvgIpc) is 2.38. The molecule has 0 aliphatic rings. The molecule has 0 spiro atoms. The van der Waals surface area contributed by atoms with E-state index in [1.807, 2.05) is 6.92 Å². The van der Waals surface area contributed by atoms with Crippen LogP contribution in [0, 0.1) is 5.82 Å². The van der Waals surface area contributed by atoms with Crippen molar-refractivity contribution in [3.05, 3.63) is 29.8 Å². The molecule has 6 heteroatoms. The molecule has 0 bridgehead atoms. The van der Waals surface area contributed by atoms with Gasteiger partial charge in [0.2, 0.25) is 0 Å². The van der Waals surface area contributed by atoms with Crippen LogP contribution in [-0.4, -0.2) is 41.5 Å². The van der Waals surface area contributed by atoms with E-state index in [2.05, 4.69) is 4.98 Å². The van der Waals surface area contributed by atoms with Crippen LogP contribution in [0.5, 0.6) is 0 Å². The molecule has 1 aromatic rings. The highest BCUT2D eigenvalue weighted by atomic mass is 19.1. The number of esters is 1. The first-order valence-electron chi connectivity index (χ1n) is 6.15. The molecule has 0 unspecified atom stereocenters. The summed E-state index contributed by atoms with van der Waals surface area (Å²) in [5.41, 5.74) is 0.110. The maximum absolute atomic E-state index is 12.7. The standard InChI is InChI=1S/C13H17FN2O3/c1-3-7-16(9-12(17)19-4-2)13(18)11-6-5-10(14)8-15-11/h5-6,8H,3-4,7,9H2,1-2H3. The van der Waals surface area contributed by atoms with Gasteiger partial charge in [0.25, 0.3) is 5.91 Å². The maximum atomic E-state index is 12.7. The van der Waals surface area contributed by atoms with Gasteiger partial charge < -0.3 is 9.64 Å². The van der Waals surface area contributed by atoms with E-state index in [0.29, 0.717) is 13.0 Å². The van der Waals surface area contributed by atoms with Crippen molar-refractivity contribution in [3.8, 4) is 0 Å². The van der Waals surface area contributed by atoms with Crippen LogP contribution in [0.15, 0.2) is 18.3 Å². The Balaban J connectivity index is 2.77. The molecule has 0 saturated carbocycles. The van der Waals surface area contributed by atoms with Crippen molar-refractivity contribution in [2.45, 2.75) is 20.3 Å². The molecule has 0 aromatic carbocycles. The van der Waals surface area contributed by atoms with Crippen LogP contribution in [0.3, 0.4) is 0 Å². The molecule has 1 rings (SSSR count). The first-order valence-corrected chi connectivity index (χ1v) is 6.15. The van der Waals surface area contributed by atoms with Crippen LogP contribution in [0.4, 0.5) is 4.39 Å². The summed E-state index contributed by atoms with van der Waals surface area (Å²) in [6.45, 7) is 4.15. The minimum Gasteiger partial charge on any atom is -0.465 e. The van der Waals surface area contributed by atoms with Crippen LogP contribution in [0.1, 0.15) is 30.8 Å². The van der Waals surface area contributed by atoms with Gasteiger partial charge in [0.05, 0.1) is 12.8 Å². The smallest absolute Gasteiger partial charge is 0.325 e. The molecular weight excluding hydrogens is 251 g/mol. The molecule has 0 aliphatic carbocycles. The Kier molecular flexibility index (Phi) is 5.92. The third kappa shape index (κ3) is 4.65. The number of ether oxygens (including phenoxy) is 1. The monoisotopic (exact) mass is 268 g/mol. The van der Waals surface area contributed by atoms with Crippen molar-refractivity contribution in [2.24, 2.45) is 0 Å². The lowest BCUT2D eigenvalue weighted by atomic mass is 10.3. The maximum Gasteiger partial charge on any atom is 0.325 e. The van der Waals surface area contributed by atoms with Crippen LogP contribution in [0.25, 0.3) is 0 Å². The number of carbonyl (C=O) groups excluding carboxylic acids is 2. The third-order valence-electron chi connectivity index (χ3n) is 2.35. The summed E-state index contributed by atoms with van der Waals surface area (Å²) >= 11 is 0. The van der Waals surface area contributed by atoms with Gasteiger partial charge in [0.15, 0.2) is 0 Å². The second-order valence-electron chi connectivity index (χ2n) is 3.89. The molecule has 0 saturated heterocycles. The van der Waals surface area contributed by atoms with E-state index >= 15 is 0 Å². The van der Waals surface area contributed by atoms with Gasteiger partial charge in [0, 0.05) is 6.54 Å². The summed E-state index contributed by atoms with van der Waals surface area (Å²) in [4.78, 5) is 28.6. The van der Waals surface area contributed by atoms with E-state index in [1.165, 1.54) is 11.0 Å². The Labute approximate surface area is 111 Å². The average molecular weight is 268 g/mol. The number of carbonyl (C=O) groups is 2. The lowest BCUT2D eigenvalue weighted by molar-refractivity contribution is -0.143. The lowest BCUT2D eigenvalue weighted by Gasteiger charge is -2.20. The van der Waals surface area contributed by atoms with Crippen LogP contribution in [0.2, 0.25) is 0 Å². The first-order chi connectivity index (χ1) is 9.08. The second-order valence-corrected chi connectivity index (χ2v) is 3.89. The minimum absolute atomic E-state index is 0.110. The highest BCUT2D eigenvalue weighted by Gasteiger charge is 2.19. The Hall–Kier alpha value is -1.98. The van der Waals surface area contributed by atoms with Crippen molar-refractivity contribution < 1.29 is 18.7 Å². The topological polar surface area (TPSA) is 59.5 Å². The molecule has 19 heavy (non-hydrogen) atoms. The Morgan fingerprint density at radius 3 is 2.63 bits per heavy atom. The van der Waals surface area contributed by atoms with Gasteiger partial charge >= 0.3 is 5.97 Å². The van der Waals surface area contributed by atoms with Gasteiger partial charge in [-0.05, 0) is 25.5 Å². The Bertz CT molecular complexity index is 434. The number of rotatable bonds is 6. The van der Waals surface area contributed by atoms with E-state index in [4.69, 9.17) is 4.74 Å². The van der Waals surface area contributed by atoms with Crippen molar-refractivity contribution in [3.63, 3.8) is 0 Å². The van der Waals surface area contributed by atoms with Crippen molar-refractivity contribution >= 4 is 11.9 Å². The summed E-state index contributed by atoms with van der Waals surface area (Å²) in [6, 6.07) is 2.46. The summed E-state index contributed by atoms with van der Waals surface area (Å²) in [5.74, 6) is -1.38. The zero-order valence-electron chi connectivity index (χ0n) is 11.1. The fourth-order valence-electron chi connectivity index (χ4n) is 1.55. The number of nitrogens with zero attached hydrogens (tertiary/aromatic N) is 2. The van der Waals surface area contributed by atoms with E-state index in [1.54, 1.807) is 6.92 Å². The fourth-order valence-corrected chi connectivity index (χ4v) is 1.55. The summed E-state index contributed by atoms with van der Waals surface area (Å²) in [6.07, 6.45) is 1.67. The molecule has 104 valence electrons. The fraction of sp³-hybridized carbons (Fsp3) is 0.462. The molecule has 0 atom stereocenters. The zero-order chi connectivity index (χ0) is 14.3. The third-order valence-corrected chi connectivity index (χ3v) is 2.35. The van der Waals surface area contributed by atoms with Gasteiger partial charge in [-0.1, -0.05) is 6.92 Å².